The van der Waals surface area contributed by atoms with Crippen LogP contribution in [0.3, 0.4) is 0 Å². The van der Waals surface area contributed by atoms with Crippen LogP contribution >= 0.6 is 0 Å². The van der Waals surface area contributed by atoms with Crippen LogP contribution in [-0.2, 0) is 0 Å². The molecule has 2 rings (SSSR count). The molecule has 0 N–H and O–H groups in total. The maximum absolute atomic E-state index is 14.2. The molecule has 0 bridgehead atoms. The van der Waals surface area contributed by atoms with E-state index >= 15 is 0 Å². The first-order valence-corrected chi connectivity index (χ1v) is 7.03. The summed E-state index contributed by atoms with van der Waals surface area (Å²) in [5.41, 5.74) is -0.344. The molecule has 0 aromatic heterocycles. The van der Waals surface area contributed by atoms with Gasteiger partial charge in [-0.2, -0.15) is 0 Å². The summed E-state index contributed by atoms with van der Waals surface area (Å²) in [6.07, 6.45) is 1.03. The average Bonchev–Trinajstić information content (AvgIpc) is 2.39. The number of nitrogens with zero attached hydrogens (tertiary/aromatic N) is 2. The Balaban J connectivity index is 2.36. The van der Waals surface area contributed by atoms with Crippen molar-refractivity contribution in [1.29, 1.82) is 0 Å². The van der Waals surface area contributed by atoms with Gasteiger partial charge in [-0.3, -0.25) is 14.9 Å². The molecule has 1 amide bonds. The van der Waals surface area contributed by atoms with Crippen molar-refractivity contribution in [1.82, 2.24) is 4.90 Å². The molecule has 114 valence electrons. The minimum absolute atomic E-state index is 0.116. The molecule has 1 aromatic rings. The Kier molecular flexibility index (Phi) is 4.25. The minimum atomic E-state index is -0.670. The van der Waals surface area contributed by atoms with Crippen molar-refractivity contribution in [2.75, 3.05) is 13.1 Å². The number of hydrogen-bond donors (Lipinski definition) is 0. The van der Waals surface area contributed by atoms with E-state index in [1.807, 2.05) is 13.8 Å². The van der Waals surface area contributed by atoms with E-state index in [1.165, 1.54) is 6.92 Å². The summed E-state index contributed by atoms with van der Waals surface area (Å²) in [6.45, 7) is 6.64. The molecule has 1 saturated heterocycles. The Labute approximate surface area is 122 Å². The summed E-state index contributed by atoms with van der Waals surface area (Å²) in [5, 5.41) is 10.9. The van der Waals surface area contributed by atoms with Gasteiger partial charge in [-0.25, -0.2) is 4.39 Å². The average molecular weight is 294 g/mol. The fourth-order valence-corrected chi connectivity index (χ4v) is 3.01. The van der Waals surface area contributed by atoms with Crippen molar-refractivity contribution in [3.8, 4) is 0 Å². The first-order chi connectivity index (χ1) is 9.79. The molecule has 0 aliphatic carbocycles. The van der Waals surface area contributed by atoms with Gasteiger partial charge in [0.15, 0.2) is 0 Å². The largest absolute Gasteiger partial charge is 0.338 e. The summed E-state index contributed by atoms with van der Waals surface area (Å²) in [5.74, 6) is -0.435. The van der Waals surface area contributed by atoms with E-state index in [9.17, 15) is 19.3 Å². The van der Waals surface area contributed by atoms with Gasteiger partial charge in [-0.05, 0) is 30.7 Å². The first kappa shape index (κ1) is 15.4. The second kappa shape index (κ2) is 5.79. The normalized spacial score (nSPS) is 22.2. The zero-order valence-electron chi connectivity index (χ0n) is 12.4. The zero-order chi connectivity index (χ0) is 15.7. The molecular formula is C15H19FN2O3. The number of non-ortho nitro benzene ring substituents is 1. The van der Waals surface area contributed by atoms with Gasteiger partial charge in [0.1, 0.15) is 5.82 Å². The Morgan fingerprint density at radius 3 is 2.43 bits per heavy atom. The summed E-state index contributed by atoms with van der Waals surface area (Å²) in [4.78, 5) is 24.4. The Bertz CT molecular complexity index is 579. The lowest BCUT2D eigenvalue weighted by Crippen LogP contribution is -2.42. The number of nitro groups is 1. The highest BCUT2D eigenvalue weighted by Gasteiger charge is 2.29. The summed E-state index contributed by atoms with van der Waals surface area (Å²) in [6, 6.07) is 2.18. The van der Waals surface area contributed by atoms with E-state index in [0.29, 0.717) is 24.9 Å². The van der Waals surface area contributed by atoms with Gasteiger partial charge < -0.3 is 4.90 Å². The van der Waals surface area contributed by atoms with Crippen molar-refractivity contribution >= 4 is 11.6 Å². The molecule has 6 heteroatoms. The van der Waals surface area contributed by atoms with Crippen LogP contribution in [0.2, 0.25) is 0 Å². The molecule has 5 nitrogen and oxygen atoms in total. The highest BCUT2D eigenvalue weighted by atomic mass is 19.1. The predicted molar refractivity (Wildman–Crippen MR) is 76.6 cm³/mol. The predicted octanol–water partition coefficient (Wildman–Crippen LogP) is 3.16. The molecule has 2 unspecified atom stereocenters. The highest BCUT2D eigenvalue weighted by molar-refractivity contribution is 5.95. The molecule has 2 atom stereocenters. The van der Waals surface area contributed by atoms with Crippen molar-refractivity contribution < 1.29 is 14.1 Å². The van der Waals surface area contributed by atoms with E-state index in [2.05, 4.69) is 0 Å². The van der Waals surface area contributed by atoms with Crippen LogP contribution in [-0.4, -0.2) is 28.8 Å². The van der Waals surface area contributed by atoms with Crippen molar-refractivity contribution in [2.24, 2.45) is 11.8 Å². The van der Waals surface area contributed by atoms with Crippen LogP contribution in [0.1, 0.15) is 36.2 Å². The monoisotopic (exact) mass is 294 g/mol. The number of nitro benzene ring substituents is 1. The fourth-order valence-electron chi connectivity index (χ4n) is 3.01. The van der Waals surface area contributed by atoms with Crippen LogP contribution in [0.5, 0.6) is 0 Å². The number of hydrogen-bond acceptors (Lipinski definition) is 3. The third kappa shape index (κ3) is 3.20. The number of carbonyl (C=O) groups excluding carboxylic acids is 1. The van der Waals surface area contributed by atoms with Gasteiger partial charge in [0.25, 0.3) is 11.6 Å². The number of amides is 1. The second-order valence-electron chi connectivity index (χ2n) is 6.04. The Morgan fingerprint density at radius 2 is 1.90 bits per heavy atom. The Hall–Kier alpha value is -1.98. The summed E-state index contributed by atoms with van der Waals surface area (Å²) < 4.78 is 14.2. The van der Waals surface area contributed by atoms with E-state index in [-0.39, 0.29) is 16.8 Å². The third-order valence-electron chi connectivity index (χ3n) is 3.84. The number of aryl methyl sites for hydroxylation is 1. The summed E-state index contributed by atoms with van der Waals surface area (Å²) in [7, 11) is 0. The lowest BCUT2D eigenvalue weighted by molar-refractivity contribution is -0.385. The van der Waals surface area contributed by atoms with Crippen LogP contribution in [0, 0.1) is 34.7 Å². The van der Waals surface area contributed by atoms with Gasteiger partial charge in [-0.1, -0.05) is 13.8 Å². The number of piperidine rings is 1. The molecule has 0 saturated carbocycles. The van der Waals surface area contributed by atoms with Crippen molar-refractivity contribution in [3.63, 3.8) is 0 Å². The zero-order valence-corrected chi connectivity index (χ0v) is 12.4. The molecular weight excluding hydrogens is 275 g/mol. The third-order valence-corrected chi connectivity index (χ3v) is 3.84. The van der Waals surface area contributed by atoms with Crippen LogP contribution in [0.15, 0.2) is 12.1 Å². The quantitative estimate of drug-likeness (QED) is 0.621. The molecule has 0 radical (unpaired) electrons. The van der Waals surface area contributed by atoms with Gasteiger partial charge in [0.05, 0.1) is 10.5 Å². The number of rotatable bonds is 2. The summed E-state index contributed by atoms with van der Waals surface area (Å²) >= 11 is 0. The molecule has 0 spiro atoms. The molecule has 1 aliphatic rings. The van der Waals surface area contributed by atoms with Crippen LogP contribution < -0.4 is 0 Å². The first-order valence-electron chi connectivity index (χ1n) is 7.03. The number of benzene rings is 1. The molecule has 1 aromatic carbocycles. The molecule has 1 heterocycles. The Morgan fingerprint density at radius 1 is 1.33 bits per heavy atom. The van der Waals surface area contributed by atoms with Crippen molar-refractivity contribution in [3.05, 3.63) is 39.2 Å². The molecule has 1 fully saturated rings. The van der Waals surface area contributed by atoms with Crippen molar-refractivity contribution in [2.45, 2.75) is 27.2 Å². The number of carbonyl (C=O) groups is 1. The van der Waals surface area contributed by atoms with E-state index in [0.717, 1.165) is 18.6 Å². The minimum Gasteiger partial charge on any atom is -0.338 e. The molecule has 1 aliphatic heterocycles. The van der Waals surface area contributed by atoms with Crippen LogP contribution in [0.25, 0.3) is 0 Å². The number of likely N-dealkylation sites (tertiary alicyclic amines) is 1. The topological polar surface area (TPSA) is 63.5 Å². The second-order valence-corrected chi connectivity index (χ2v) is 6.04. The lowest BCUT2D eigenvalue weighted by Gasteiger charge is -2.35. The van der Waals surface area contributed by atoms with E-state index < -0.39 is 16.6 Å². The molecule has 21 heavy (non-hydrogen) atoms. The van der Waals surface area contributed by atoms with Crippen LogP contribution in [0.4, 0.5) is 10.1 Å². The number of halogens is 1. The lowest BCUT2D eigenvalue weighted by atomic mass is 9.91. The van der Waals surface area contributed by atoms with E-state index in [1.54, 1.807) is 4.90 Å². The van der Waals surface area contributed by atoms with Gasteiger partial charge in [0, 0.05) is 25.2 Å². The van der Waals surface area contributed by atoms with Gasteiger partial charge >= 0.3 is 0 Å². The van der Waals surface area contributed by atoms with E-state index in [4.69, 9.17) is 0 Å². The van der Waals surface area contributed by atoms with Gasteiger partial charge in [-0.15, -0.1) is 0 Å². The fraction of sp³-hybridized carbons (Fsp3) is 0.533. The standard InChI is InChI=1S/C15H19FN2O3/c1-9-4-10(2)8-17(7-9)15(19)13-6-12(18(20)21)5-11(3)14(13)16/h5-6,9-10H,4,7-8H2,1-3H3. The smallest absolute Gasteiger partial charge is 0.270 e. The maximum atomic E-state index is 14.2. The maximum Gasteiger partial charge on any atom is 0.270 e. The highest BCUT2D eigenvalue weighted by Crippen LogP contribution is 2.26. The van der Waals surface area contributed by atoms with Gasteiger partial charge in [0.2, 0.25) is 0 Å². The SMILES string of the molecule is Cc1cc([N+](=O)[O-])cc(C(=O)N2CC(C)CC(C)C2)c1F.